The molecule has 0 rings (SSSR count). The summed E-state index contributed by atoms with van der Waals surface area (Å²) < 4.78 is 237. The van der Waals surface area contributed by atoms with Crippen LogP contribution in [0.5, 0.6) is 0 Å². The highest BCUT2D eigenvalue weighted by molar-refractivity contribution is 6.64. The van der Waals surface area contributed by atoms with Gasteiger partial charge < -0.3 is 8.85 Å². The predicted octanol–water partition coefficient (Wildman–Crippen LogP) is 7.53. The van der Waals surface area contributed by atoms with Crippen LogP contribution < -0.4 is 0 Å². The lowest BCUT2D eigenvalue weighted by atomic mass is 9.87. The van der Waals surface area contributed by atoms with E-state index in [1.165, 1.54) is 0 Å². The highest BCUT2D eigenvalue weighted by atomic mass is 28.4. The third-order valence-electron chi connectivity index (χ3n) is 4.64. The van der Waals surface area contributed by atoms with E-state index in [1.807, 2.05) is 0 Å². The first kappa shape index (κ1) is 33.9. The first-order valence-corrected chi connectivity index (χ1v) is 11.7. The smallest absolute Gasteiger partial charge is 0.389 e. The molecule has 0 bridgehead atoms. The lowest BCUT2D eigenvalue weighted by Crippen LogP contribution is -2.74. The molecule has 0 aliphatic rings. The quantitative estimate of drug-likeness (QED) is 0.176. The molecular formula is C15H17F17O2Si. The SMILES string of the molecule is CO[Si](C)(C)OC(C)C(F)(F)C(F)(F)C(F)(F)C(F)(F)C(F)(F)C(F)(F)C(F)(F)CCC(F)(F)F. The summed E-state index contributed by atoms with van der Waals surface area (Å²) in [6.07, 6.45) is -15.7. The summed E-state index contributed by atoms with van der Waals surface area (Å²) in [6.45, 7) is 1.58. The van der Waals surface area contributed by atoms with Crippen molar-refractivity contribution in [1.82, 2.24) is 0 Å². The van der Waals surface area contributed by atoms with Gasteiger partial charge in [0.25, 0.3) is 0 Å². The maximum absolute atomic E-state index is 14.0. The fourth-order valence-electron chi connectivity index (χ4n) is 2.29. The average Bonchev–Trinajstić information content (AvgIpc) is 2.64. The summed E-state index contributed by atoms with van der Waals surface area (Å²) in [5, 5.41) is 0. The molecule has 0 amide bonds. The molecule has 0 aliphatic heterocycles. The molecule has 0 heterocycles. The standard InChI is InChI=1S/C15H17F17O2Si/c1-7(34-35(3,4)33-2)10(21,22)12(25,26)14(29,30)15(31,32)13(27,28)11(23,24)8(16,17)5-6-9(18,19)20/h7H,5-6H2,1-4H3. The topological polar surface area (TPSA) is 18.5 Å². The Morgan fingerprint density at radius 1 is 0.571 bits per heavy atom. The van der Waals surface area contributed by atoms with Gasteiger partial charge in [-0.25, -0.2) is 0 Å². The normalized spacial score (nSPS) is 17.1. The van der Waals surface area contributed by atoms with E-state index in [2.05, 4.69) is 8.85 Å². The van der Waals surface area contributed by atoms with Gasteiger partial charge in [0.05, 0.1) is 0 Å². The summed E-state index contributed by atoms with van der Waals surface area (Å²) in [6, 6.07) is 0. The zero-order chi connectivity index (χ0) is 28.9. The van der Waals surface area contributed by atoms with Crippen LogP contribution in [-0.2, 0) is 8.85 Å². The molecule has 0 saturated carbocycles. The van der Waals surface area contributed by atoms with Gasteiger partial charge in [-0.05, 0) is 20.0 Å². The van der Waals surface area contributed by atoms with Crippen molar-refractivity contribution in [3.05, 3.63) is 0 Å². The third kappa shape index (κ3) is 5.77. The van der Waals surface area contributed by atoms with Gasteiger partial charge in [-0.2, -0.15) is 74.6 Å². The first-order chi connectivity index (χ1) is 14.9. The molecule has 0 N–H and O–H groups in total. The molecule has 0 radical (unpaired) electrons. The van der Waals surface area contributed by atoms with Gasteiger partial charge in [0.2, 0.25) is 0 Å². The second kappa shape index (κ2) is 9.36. The summed E-state index contributed by atoms with van der Waals surface area (Å²) >= 11 is 0. The Morgan fingerprint density at radius 2 is 0.914 bits per heavy atom. The van der Waals surface area contributed by atoms with Crippen LogP contribution in [0.2, 0.25) is 13.1 Å². The first-order valence-electron chi connectivity index (χ1n) is 8.84. The largest absolute Gasteiger partial charge is 0.398 e. The van der Waals surface area contributed by atoms with E-state index in [-0.39, 0.29) is 6.92 Å². The van der Waals surface area contributed by atoms with Crippen molar-refractivity contribution in [1.29, 1.82) is 0 Å². The minimum Gasteiger partial charge on any atom is -0.398 e. The van der Waals surface area contributed by atoms with Gasteiger partial charge in [-0.3, -0.25) is 0 Å². The molecule has 1 atom stereocenters. The summed E-state index contributed by atoms with van der Waals surface area (Å²) in [5.74, 6) is -53.7. The Bertz CT molecular complexity index is 731. The second-order valence-corrected chi connectivity index (χ2v) is 11.1. The van der Waals surface area contributed by atoms with E-state index in [0.29, 0.717) is 0 Å². The van der Waals surface area contributed by atoms with Crippen molar-refractivity contribution in [2.45, 2.75) is 86.6 Å². The van der Waals surface area contributed by atoms with Crippen LogP contribution in [0.15, 0.2) is 0 Å². The van der Waals surface area contributed by atoms with E-state index in [0.717, 1.165) is 20.2 Å². The molecule has 212 valence electrons. The second-order valence-electron chi connectivity index (χ2n) is 7.68. The van der Waals surface area contributed by atoms with Crippen LogP contribution in [0.25, 0.3) is 0 Å². The van der Waals surface area contributed by atoms with Crippen LogP contribution in [0.4, 0.5) is 74.6 Å². The zero-order valence-electron chi connectivity index (χ0n) is 17.7. The molecule has 0 fully saturated rings. The van der Waals surface area contributed by atoms with Crippen LogP contribution in [0, 0.1) is 0 Å². The van der Waals surface area contributed by atoms with Crippen LogP contribution in [0.3, 0.4) is 0 Å². The maximum atomic E-state index is 14.0. The van der Waals surface area contributed by atoms with Crippen LogP contribution in [-0.4, -0.2) is 69.4 Å². The molecule has 35 heavy (non-hydrogen) atoms. The number of halogens is 17. The van der Waals surface area contributed by atoms with E-state index < -0.39 is 75.1 Å². The van der Waals surface area contributed by atoms with Gasteiger partial charge in [0, 0.05) is 20.0 Å². The Kier molecular flexibility index (Phi) is 9.08. The van der Waals surface area contributed by atoms with Crippen LogP contribution >= 0.6 is 0 Å². The number of hydrogen-bond donors (Lipinski definition) is 0. The fraction of sp³-hybridized carbons (Fsp3) is 1.00. The van der Waals surface area contributed by atoms with Gasteiger partial charge >= 0.3 is 56.2 Å². The molecular weight excluding hydrogens is 563 g/mol. The summed E-state index contributed by atoms with van der Waals surface area (Å²) in [4.78, 5) is 0. The van der Waals surface area contributed by atoms with Crippen molar-refractivity contribution >= 4 is 8.56 Å². The van der Waals surface area contributed by atoms with Crippen molar-refractivity contribution in [2.75, 3.05) is 7.11 Å². The fourth-order valence-corrected chi connectivity index (χ4v) is 3.39. The monoisotopic (exact) mass is 580 g/mol. The molecule has 0 spiro atoms. The molecule has 1 unspecified atom stereocenters. The van der Waals surface area contributed by atoms with E-state index in [4.69, 9.17) is 0 Å². The Morgan fingerprint density at radius 3 is 1.26 bits per heavy atom. The molecule has 0 aromatic carbocycles. The predicted molar refractivity (Wildman–Crippen MR) is 85.0 cm³/mol. The van der Waals surface area contributed by atoms with E-state index >= 15 is 0 Å². The Labute approximate surface area is 187 Å². The number of alkyl halides is 17. The maximum Gasteiger partial charge on any atom is 0.389 e. The van der Waals surface area contributed by atoms with Gasteiger partial charge in [0.1, 0.15) is 6.10 Å². The van der Waals surface area contributed by atoms with Crippen molar-refractivity contribution < 1.29 is 83.5 Å². The highest BCUT2D eigenvalue weighted by Crippen LogP contribution is 2.63. The van der Waals surface area contributed by atoms with E-state index in [1.54, 1.807) is 0 Å². The Balaban J connectivity index is 6.54. The summed E-state index contributed by atoms with van der Waals surface area (Å²) in [5.41, 5.74) is 0. The molecule has 20 heteroatoms. The average molecular weight is 580 g/mol. The van der Waals surface area contributed by atoms with E-state index in [9.17, 15) is 74.6 Å². The minimum absolute atomic E-state index is 0.117. The van der Waals surface area contributed by atoms with Crippen molar-refractivity contribution in [3.63, 3.8) is 0 Å². The van der Waals surface area contributed by atoms with Gasteiger partial charge in [-0.1, -0.05) is 0 Å². The van der Waals surface area contributed by atoms with Gasteiger partial charge in [0.15, 0.2) is 0 Å². The molecule has 0 aromatic rings. The highest BCUT2D eigenvalue weighted by Gasteiger charge is 2.93. The third-order valence-corrected chi connectivity index (χ3v) is 6.54. The molecule has 0 saturated heterocycles. The number of rotatable bonds is 12. The summed E-state index contributed by atoms with van der Waals surface area (Å²) in [7, 11) is -3.09. The van der Waals surface area contributed by atoms with Gasteiger partial charge in [-0.15, -0.1) is 0 Å². The Hall–Kier alpha value is -1.05. The lowest BCUT2D eigenvalue weighted by Gasteiger charge is -2.44. The van der Waals surface area contributed by atoms with Crippen molar-refractivity contribution in [3.8, 4) is 0 Å². The minimum atomic E-state index is -8.37. The molecule has 2 nitrogen and oxygen atoms in total. The number of hydrogen-bond acceptors (Lipinski definition) is 2. The lowest BCUT2D eigenvalue weighted by molar-refractivity contribution is -0.445. The molecule has 0 aromatic heterocycles. The van der Waals surface area contributed by atoms with Crippen LogP contribution in [0.1, 0.15) is 19.8 Å². The zero-order valence-corrected chi connectivity index (χ0v) is 18.7. The van der Waals surface area contributed by atoms with Crippen molar-refractivity contribution in [2.24, 2.45) is 0 Å². The molecule has 0 aliphatic carbocycles.